The van der Waals surface area contributed by atoms with Gasteiger partial charge in [0.2, 0.25) is 10.0 Å². The minimum Gasteiger partial charge on any atom is -0.350 e. The van der Waals surface area contributed by atoms with Gasteiger partial charge in [-0.05, 0) is 74.6 Å². The van der Waals surface area contributed by atoms with Gasteiger partial charge < -0.3 is 16.4 Å². The molecule has 1 aliphatic carbocycles. The van der Waals surface area contributed by atoms with Crippen molar-refractivity contribution in [3.63, 3.8) is 0 Å². The molecule has 9 nitrogen and oxygen atoms in total. The summed E-state index contributed by atoms with van der Waals surface area (Å²) in [7, 11) is -4.21. The summed E-state index contributed by atoms with van der Waals surface area (Å²) in [5, 5.41) is 5.70. The molecule has 36 heavy (non-hydrogen) atoms. The molecule has 1 aliphatic heterocycles. The number of halogens is 2. The monoisotopic (exact) mass is 581 g/mol. The molecule has 1 atom stereocenters. The molecule has 4 N–H and O–H groups in total. The lowest BCUT2D eigenvalue weighted by atomic mass is 9.92. The normalized spacial score (nSPS) is 23.2. The predicted octanol–water partition coefficient (Wildman–Crippen LogP) is 3.23. The lowest BCUT2D eigenvalue weighted by molar-refractivity contribution is -0.131. The average molecular weight is 582 g/mol. The van der Waals surface area contributed by atoms with Gasteiger partial charge in [0.15, 0.2) is 6.17 Å². The maximum atomic E-state index is 13.6. The number of rotatable bonds is 5. The summed E-state index contributed by atoms with van der Waals surface area (Å²) >= 11 is 3.36. The van der Waals surface area contributed by atoms with E-state index in [9.17, 15) is 22.4 Å². The second-order valence-electron chi connectivity index (χ2n) is 9.05. The zero-order valence-electron chi connectivity index (χ0n) is 19.6. The van der Waals surface area contributed by atoms with Crippen LogP contribution in [0.25, 0.3) is 0 Å². The molecular weight excluding hydrogens is 553 g/mol. The molecule has 194 valence electrons. The summed E-state index contributed by atoms with van der Waals surface area (Å²) in [5.74, 6) is -1.15. The Morgan fingerprint density at radius 2 is 1.72 bits per heavy atom. The molecule has 1 unspecified atom stereocenters. The van der Waals surface area contributed by atoms with Gasteiger partial charge in [0.25, 0.3) is 5.91 Å². The molecule has 4 rings (SSSR count). The van der Waals surface area contributed by atoms with E-state index in [4.69, 9.17) is 5.73 Å². The summed E-state index contributed by atoms with van der Waals surface area (Å²) in [6.45, 7) is 0.219. The zero-order chi connectivity index (χ0) is 25.9. The quantitative estimate of drug-likeness (QED) is 0.500. The van der Waals surface area contributed by atoms with E-state index in [1.54, 1.807) is 24.3 Å². The van der Waals surface area contributed by atoms with Crippen molar-refractivity contribution in [1.29, 1.82) is 0 Å². The molecule has 0 radical (unpaired) electrons. The number of nitrogens with zero attached hydrogens (tertiary/aromatic N) is 2. The van der Waals surface area contributed by atoms with Crippen LogP contribution in [0, 0.1) is 5.82 Å². The molecule has 1 saturated carbocycles. The third-order valence-corrected chi connectivity index (χ3v) is 8.82. The molecule has 0 bridgehead atoms. The van der Waals surface area contributed by atoms with Gasteiger partial charge in [0.1, 0.15) is 5.82 Å². The Morgan fingerprint density at radius 3 is 2.39 bits per heavy atom. The second-order valence-corrected chi connectivity index (χ2v) is 11.9. The molecule has 0 aromatic heterocycles. The molecule has 3 amide bonds. The van der Waals surface area contributed by atoms with Gasteiger partial charge in [-0.15, -0.1) is 0 Å². The van der Waals surface area contributed by atoms with Crippen molar-refractivity contribution in [2.75, 3.05) is 18.4 Å². The van der Waals surface area contributed by atoms with Crippen molar-refractivity contribution in [1.82, 2.24) is 14.5 Å². The van der Waals surface area contributed by atoms with Crippen LogP contribution in [0.5, 0.6) is 0 Å². The van der Waals surface area contributed by atoms with E-state index >= 15 is 0 Å². The van der Waals surface area contributed by atoms with E-state index in [0.29, 0.717) is 24.9 Å². The summed E-state index contributed by atoms with van der Waals surface area (Å²) in [4.78, 5) is 28.0. The number of carbonyl (C=O) groups is 2. The molecule has 1 saturated heterocycles. The fourth-order valence-electron chi connectivity index (χ4n) is 4.58. The summed E-state index contributed by atoms with van der Waals surface area (Å²) < 4.78 is 42.4. The molecule has 2 aromatic rings. The number of hydrogen-bond acceptors (Lipinski definition) is 5. The minimum absolute atomic E-state index is 0.0357. The number of sulfonamides is 1. The number of anilines is 1. The van der Waals surface area contributed by atoms with E-state index in [0.717, 1.165) is 45.9 Å². The van der Waals surface area contributed by atoms with Gasteiger partial charge in [-0.25, -0.2) is 17.6 Å². The van der Waals surface area contributed by atoms with Gasteiger partial charge in [-0.2, -0.15) is 4.31 Å². The Kier molecular flexibility index (Phi) is 8.28. The van der Waals surface area contributed by atoms with Crippen LogP contribution in [-0.4, -0.2) is 60.9 Å². The standard InChI is InChI=1S/C24H29BrFN5O4S/c25-16-3-1-4-20(15-16)29-24(33)30-13-2-14-31(36(34,35)21-11-5-17(26)6-12-21)23(30)22(32)28-19-9-7-18(27)8-10-19/h1,3-6,11-12,15,18-19,23H,2,7-10,13-14,27H2,(H,28,32)(H,29,33). The van der Waals surface area contributed by atoms with Crippen LogP contribution in [0.1, 0.15) is 32.1 Å². The van der Waals surface area contributed by atoms with Gasteiger partial charge in [0.05, 0.1) is 4.90 Å². The number of urea groups is 1. The maximum Gasteiger partial charge on any atom is 0.323 e. The van der Waals surface area contributed by atoms with Crippen molar-refractivity contribution in [3.05, 3.63) is 58.8 Å². The fourth-order valence-corrected chi connectivity index (χ4v) is 6.57. The van der Waals surface area contributed by atoms with Crippen molar-refractivity contribution >= 4 is 43.6 Å². The molecule has 2 aliphatic rings. The van der Waals surface area contributed by atoms with Crippen LogP contribution >= 0.6 is 15.9 Å². The van der Waals surface area contributed by atoms with Crippen LogP contribution in [0.4, 0.5) is 14.9 Å². The first kappa shape index (κ1) is 26.5. The third kappa shape index (κ3) is 6.05. The highest BCUT2D eigenvalue weighted by Crippen LogP contribution is 2.27. The number of amides is 3. The van der Waals surface area contributed by atoms with Crippen LogP contribution in [0.3, 0.4) is 0 Å². The highest BCUT2D eigenvalue weighted by atomic mass is 79.9. The first-order chi connectivity index (χ1) is 17.1. The highest BCUT2D eigenvalue weighted by Gasteiger charge is 2.44. The third-order valence-electron chi connectivity index (χ3n) is 6.46. The number of nitrogens with two attached hydrogens (primary N) is 1. The lowest BCUT2D eigenvalue weighted by Crippen LogP contribution is -2.65. The van der Waals surface area contributed by atoms with Gasteiger partial charge in [-0.1, -0.05) is 22.0 Å². The highest BCUT2D eigenvalue weighted by molar-refractivity contribution is 9.10. The van der Waals surface area contributed by atoms with Gasteiger partial charge in [-0.3, -0.25) is 9.69 Å². The molecule has 2 fully saturated rings. The Morgan fingerprint density at radius 1 is 1.03 bits per heavy atom. The lowest BCUT2D eigenvalue weighted by Gasteiger charge is -2.42. The fraction of sp³-hybridized carbons (Fsp3) is 0.417. The van der Waals surface area contributed by atoms with E-state index < -0.39 is 33.9 Å². The van der Waals surface area contributed by atoms with Crippen LogP contribution in [-0.2, 0) is 14.8 Å². The van der Waals surface area contributed by atoms with Crippen LogP contribution < -0.4 is 16.4 Å². The number of hydrogen-bond donors (Lipinski definition) is 3. The van der Waals surface area contributed by atoms with Crippen LogP contribution in [0.15, 0.2) is 57.9 Å². The van der Waals surface area contributed by atoms with E-state index in [1.165, 1.54) is 4.90 Å². The summed E-state index contributed by atoms with van der Waals surface area (Å²) in [5.41, 5.74) is 6.47. The van der Waals surface area contributed by atoms with Gasteiger partial charge >= 0.3 is 6.03 Å². The zero-order valence-corrected chi connectivity index (χ0v) is 22.0. The average Bonchev–Trinajstić information content (AvgIpc) is 2.85. The SMILES string of the molecule is NC1CCC(NC(=O)C2N(C(=O)Nc3cccc(Br)c3)CCCN2S(=O)(=O)c2ccc(F)cc2)CC1. The maximum absolute atomic E-state index is 13.6. The minimum atomic E-state index is -4.21. The molecule has 12 heteroatoms. The van der Waals surface area contributed by atoms with Crippen molar-refractivity contribution in [3.8, 4) is 0 Å². The number of benzene rings is 2. The Balaban J connectivity index is 1.64. The number of nitrogens with one attached hydrogen (secondary N) is 2. The molecule has 1 heterocycles. The smallest absolute Gasteiger partial charge is 0.323 e. The van der Waals surface area contributed by atoms with E-state index in [2.05, 4.69) is 26.6 Å². The van der Waals surface area contributed by atoms with Crippen LogP contribution in [0.2, 0.25) is 0 Å². The van der Waals surface area contributed by atoms with E-state index in [-0.39, 0.29) is 30.1 Å². The summed E-state index contributed by atoms with van der Waals surface area (Å²) in [6.07, 6.45) is 1.77. The van der Waals surface area contributed by atoms with Gasteiger partial charge in [0, 0.05) is 35.3 Å². The van der Waals surface area contributed by atoms with E-state index in [1.807, 2.05) is 0 Å². The van der Waals surface area contributed by atoms with Crippen molar-refractivity contribution in [2.24, 2.45) is 5.73 Å². The molecular formula is C24H29BrFN5O4S. The Labute approximate surface area is 218 Å². The predicted molar refractivity (Wildman–Crippen MR) is 137 cm³/mol. The Bertz CT molecular complexity index is 1210. The largest absolute Gasteiger partial charge is 0.350 e. The first-order valence-corrected chi connectivity index (χ1v) is 14.0. The topological polar surface area (TPSA) is 125 Å². The first-order valence-electron chi connectivity index (χ1n) is 11.8. The van der Waals surface area contributed by atoms with Crippen molar-refractivity contribution in [2.45, 2.75) is 55.2 Å². The number of carbonyl (C=O) groups excluding carboxylic acids is 2. The summed E-state index contributed by atoms with van der Waals surface area (Å²) in [6, 6.07) is 10.7. The molecule has 0 spiro atoms. The molecule has 2 aromatic carbocycles. The second kappa shape index (κ2) is 11.2. The van der Waals surface area contributed by atoms with Crippen molar-refractivity contribution < 1.29 is 22.4 Å². The Hall–Kier alpha value is -2.54.